The Balaban J connectivity index is 2.33. The Kier molecular flexibility index (Phi) is 4.24. The number of hydrogen-bond acceptors (Lipinski definition) is 4. The summed E-state index contributed by atoms with van der Waals surface area (Å²) < 4.78 is 35.4. The van der Waals surface area contributed by atoms with Gasteiger partial charge in [-0.25, -0.2) is 0 Å². The van der Waals surface area contributed by atoms with E-state index < -0.39 is 18.5 Å². The minimum Gasteiger partial charge on any atom is -0.382 e. The zero-order valence-electron chi connectivity index (χ0n) is 8.79. The van der Waals surface area contributed by atoms with E-state index in [1.807, 2.05) is 0 Å². The largest absolute Gasteiger partial charge is 0.389 e. The van der Waals surface area contributed by atoms with Crippen LogP contribution in [0.15, 0.2) is 12.1 Å². The summed E-state index contributed by atoms with van der Waals surface area (Å²) in [4.78, 5) is 11.3. The van der Waals surface area contributed by atoms with Crippen molar-refractivity contribution in [1.82, 2.24) is 15.5 Å². The van der Waals surface area contributed by atoms with E-state index in [2.05, 4.69) is 15.5 Å². The molecular weight excluding hydrogens is 237 g/mol. The van der Waals surface area contributed by atoms with Gasteiger partial charge in [0.05, 0.1) is 0 Å². The highest BCUT2D eigenvalue weighted by Gasteiger charge is 2.26. The van der Waals surface area contributed by atoms with Gasteiger partial charge in [0.25, 0.3) is 5.91 Å². The SMILES string of the molecule is Nc1ccc(C(=O)NCCCC(F)(F)F)nn1. The first-order chi connectivity index (χ1) is 7.88. The van der Waals surface area contributed by atoms with E-state index in [9.17, 15) is 18.0 Å². The maximum atomic E-state index is 11.8. The number of alkyl halides is 3. The summed E-state index contributed by atoms with van der Waals surface area (Å²) in [5.74, 6) is -0.404. The van der Waals surface area contributed by atoms with Crippen molar-refractivity contribution >= 4 is 11.7 Å². The second kappa shape index (κ2) is 5.46. The Labute approximate surface area is 95.2 Å². The Morgan fingerprint density at radius 2 is 2.06 bits per heavy atom. The minimum absolute atomic E-state index is 0.0196. The number of carbonyl (C=O) groups is 1. The van der Waals surface area contributed by atoms with Gasteiger partial charge in [-0.3, -0.25) is 4.79 Å². The average Bonchev–Trinajstić information content (AvgIpc) is 2.24. The molecule has 0 aliphatic carbocycles. The molecule has 17 heavy (non-hydrogen) atoms. The molecule has 0 unspecified atom stereocenters. The molecule has 8 heteroatoms. The van der Waals surface area contributed by atoms with E-state index in [1.54, 1.807) is 0 Å². The third-order valence-corrected chi connectivity index (χ3v) is 1.84. The van der Waals surface area contributed by atoms with Crippen molar-refractivity contribution in [1.29, 1.82) is 0 Å². The second-order valence-corrected chi connectivity index (χ2v) is 3.32. The summed E-state index contributed by atoms with van der Waals surface area (Å²) in [5.41, 5.74) is 5.29. The quantitative estimate of drug-likeness (QED) is 0.783. The van der Waals surface area contributed by atoms with Gasteiger partial charge in [0.1, 0.15) is 5.82 Å². The van der Waals surface area contributed by atoms with Gasteiger partial charge in [-0.15, -0.1) is 10.2 Å². The lowest BCUT2D eigenvalue weighted by Gasteiger charge is -2.06. The zero-order chi connectivity index (χ0) is 12.9. The van der Waals surface area contributed by atoms with E-state index in [0.29, 0.717) is 0 Å². The van der Waals surface area contributed by atoms with Crippen molar-refractivity contribution in [2.24, 2.45) is 0 Å². The molecule has 94 valence electrons. The minimum atomic E-state index is -4.20. The summed E-state index contributed by atoms with van der Waals surface area (Å²) in [6, 6.07) is 2.74. The maximum Gasteiger partial charge on any atom is 0.389 e. The van der Waals surface area contributed by atoms with E-state index in [0.717, 1.165) is 0 Å². The molecule has 0 aliphatic heterocycles. The number of rotatable bonds is 4. The van der Waals surface area contributed by atoms with Gasteiger partial charge in [0.15, 0.2) is 5.69 Å². The van der Waals surface area contributed by atoms with Crippen molar-refractivity contribution in [2.45, 2.75) is 19.0 Å². The summed E-state index contributed by atoms with van der Waals surface area (Å²) in [6.07, 6.45) is -5.30. The number of nitrogens with one attached hydrogen (secondary N) is 1. The van der Waals surface area contributed by atoms with Crippen LogP contribution in [0.25, 0.3) is 0 Å². The predicted molar refractivity (Wildman–Crippen MR) is 54.1 cm³/mol. The van der Waals surface area contributed by atoms with Crippen LogP contribution in [-0.4, -0.2) is 28.8 Å². The molecule has 0 aliphatic rings. The zero-order valence-corrected chi connectivity index (χ0v) is 8.79. The molecule has 1 aromatic heterocycles. The lowest BCUT2D eigenvalue weighted by Crippen LogP contribution is -2.26. The normalized spacial score (nSPS) is 11.2. The lowest BCUT2D eigenvalue weighted by atomic mass is 10.3. The molecule has 1 rings (SSSR count). The molecule has 3 N–H and O–H groups in total. The number of nitrogens with two attached hydrogens (primary N) is 1. The molecule has 5 nitrogen and oxygen atoms in total. The fraction of sp³-hybridized carbons (Fsp3) is 0.444. The maximum absolute atomic E-state index is 11.8. The Hall–Kier alpha value is -1.86. The average molecular weight is 248 g/mol. The van der Waals surface area contributed by atoms with Crippen LogP contribution >= 0.6 is 0 Å². The van der Waals surface area contributed by atoms with Crippen LogP contribution < -0.4 is 11.1 Å². The Morgan fingerprint density at radius 1 is 1.35 bits per heavy atom. The summed E-state index contributed by atoms with van der Waals surface area (Å²) in [6.45, 7) is -0.0651. The number of nitrogen functional groups attached to an aromatic ring is 1. The van der Waals surface area contributed by atoms with Crippen LogP contribution in [-0.2, 0) is 0 Å². The Morgan fingerprint density at radius 3 is 2.59 bits per heavy atom. The highest BCUT2D eigenvalue weighted by Crippen LogP contribution is 2.20. The molecule has 0 bridgehead atoms. The molecule has 1 heterocycles. The second-order valence-electron chi connectivity index (χ2n) is 3.32. The van der Waals surface area contributed by atoms with Crippen molar-refractivity contribution in [3.05, 3.63) is 17.8 Å². The number of anilines is 1. The van der Waals surface area contributed by atoms with Crippen LogP contribution in [0.1, 0.15) is 23.3 Å². The van der Waals surface area contributed by atoms with Gasteiger partial charge in [0.2, 0.25) is 0 Å². The van der Waals surface area contributed by atoms with Crippen LogP contribution in [0.4, 0.5) is 19.0 Å². The number of nitrogens with zero attached hydrogens (tertiary/aromatic N) is 2. The first-order valence-electron chi connectivity index (χ1n) is 4.82. The molecule has 1 aromatic rings. The summed E-state index contributed by atoms with van der Waals surface area (Å²) in [5, 5.41) is 9.26. The van der Waals surface area contributed by atoms with Gasteiger partial charge in [-0.1, -0.05) is 0 Å². The van der Waals surface area contributed by atoms with Crippen molar-refractivity contribution in [3.8, 4) is 0 Å². The van der Waals surface area contributed by atoms with Crippen LogP contribution in [0.3, 0.4) is 0 Å². The molecule has 0 fully saturated rings. The third-order valence-electron chi connectivity index (χ3n) is 1.84. The topological polar surface area (TPSA) is 80.9 Å². The molecule has 0 saturated heterocycles. The molecule has 0 atom stereocenters. The van der Waals surface area contributed by atoms with Crippen molar-refractivity contribution in [2.75, 3.05) is 12.3 Å². The molecular formula is C9H11F3N4O. The number of aromatic nitrogens is 2. The number of hydrogen-bond donors (Lipinski definition) is 2. The van der Waals surface area contributed by atoms with Gasteiger partial charge >= 0.3 is 6.18 Å². The molecule has 1 amide bonds. The predicted octanol–water partition coefficient (Wildman–Crippen LogP) is 1.13. The standard InChI is InChI=1S/C9H11F3N4O/c10-9(11,12)4-1-5-14-8(17)6-2-3-7(13)16-15-6/h2-3H,1,4-5H2,(H2,13,16)(H,14,17). The first kappa shape index (κ1) is 13.2. The highest BCUT2D eigenvalue weighted by molar-refractivity contribution is 5.92. The Bertz CT molecular complexity index is 377. The van der Waals surface area contributed by atoms with Gasteiger partial charge in [-0.05, 0) is 18.6 Å². The lowest BCUT2D eigenvalue weighted by molar-refractivity contribution is -0.135. The molecule has 0 saturated carbocycles. The van der Waals surface area contributed by atoms with Crippen molar-refractivity contribution < 1.29 is 18.0 Å². The molecule has 0 aromatic carbocycles. The number of carbonyl (C=O) groups excluding carboxylic acids is 1. The summed E-state index contributed by atoms with van der Waals surface area (Å²) >= 11 is 0. The van der Waals surface area contributed by atoms with Crippen LogP contribution in [0, 0.1) is 0 Å². The summed E-state index contributed by atoms with van der Waals surface area (Å²) in [7, 11) is 0. The molecule has 0 spiro atoms. The van der Waals surface area contributed by atoms with Crippen molar-refractivity contribution in [3.63, 3.8) is 0 Å². The first-order valence-corrected chi connectivity index (χ1v) is 4.82. The number of amides is 1. The number of halogens is 3. The monoisotopic (exact) mass is 248 g/mol. The van der Waals surface area contributed by atoms with Gasteiger partial charge < -0.3 is 11.1 Å². The van der Waals surface area contributed by atoms with Gasteiger partial charge in [0, 0.05) is 13.0 Å². The van der Waals surface area contributed by atoms with Crippen LogP contribution in [0.2, 0.25) is 0 Å². The van der Waals surface area contributed by atoms with E-state index in [-0.39, 0.29) is 24.5 Å². The van der Waals surface area contributed by atoms with E-state index in [4.69, 9.17) is 5.73 Å². The third kappa shape index (κ3) is 5.14. The van der Waals surface area contributed by atoms with E-state index >= 15 is 0 Å². The van der Waals surface area contributed by atoms with E-state index in [1.165, 1.54) is 12.1 Å². The van der Waals surface area contributed by atoms with Crippen LogP contribution in [0.5, 0.6) is 0 Å². The van der Waals surface area contributed by atoms with Gasteiger partial charge in [-0.2, -0.15) is 13.2 Å². The highest BCUT2D eigenvalue weighted by atomic mass is 19.4. The fourth-order valence-corrected chi connectivity index (χ4v) is 1.04. The molecule has 0 radical (unpaired) electrons. The smallest absolute Gasteiger partial charge is 0.382 e. The fourth-order valence-electron chi connectivity index (χ4n) is 1.04.